The van der Waals surface area contributed by atoms with E-state index in [0.717, 1.165) is 6.42 Å². The summed E-state index contributed by atoms with van der Waals surface area (Å²) in [4.78, 5) is 15.0. The quantitative estimate of drug-likeness (QED) is 0.297. The fourth-order valence-electron chi connectivity index (χ4n) is 0.364. The first kappa shape index (κ1) is 10.9. The van der Waals surface area contributed by atoms with Gasteiger partial charge in [-0.1, -0.05) is 12.1 Å². The number of oxime groups is 1. The fourth-order valence-corrected chi connectivity index (χ4v) is 0.364. The molecule has 0 unspecified atom stereocenters. The van der Waals surface area contributed by atoms with Crippen LogP contribution in [0.15, 0.2) is 5.16 Å². The zero-order chi connectivity index (χ0) is 9.40. The zero-order valence-electron chi connectivity index (χ0n) is 7.37. The summed E-state index contributed by atoms with van der Waals surface area (Å²) in [6.07, 6.45) is -0.0287. The van der Waals surface area contributed by atoms with Crippen LogP contribution >= 0.6 is 0 Å². The van der Waals surface area contributed by atoms with Gasteiger partial charge in [0.2, 0.25) is 0 Å². The number of nitrogens with two attached hydrogens (primary N) is 1. The lowest BCUT2D eigenvalue weighted by Gasteiger charge is -1.99. The second-order valence-electron chi connectivity index (χ2n) is 2.22. The molecule has 0 saturated carbocycles. The maximum Gasteiger partial charge on any atom is 0.535 e. The molecule has 70 valence electrons. The molecule has 0 saturated heterocycles. The van der Waals surface area contributed by atoms with Crippen molar-refractivity contribution in [2.24, 2.45) is 10.9 Å². The molecule has 0 aliphatic rings. The van der Waals surface area contributed by atoms with Gasteiger partial charge in [0.05, 0.1) is 12.3 Å². The third kappa shape index (κ3) is 5.67. The van der Waals surface area contributed by atoms with E-state index in [2.05, 4.69) is 14.7 Å². The van der Waals surface area contributed by atoms with Gasteiger partial charge in [0, 0.05) is 6.54 Å². The molecular weight excluding hydrogens is 160 g/mol. The molecule has 0 bridgehead atoms. The van der Waals surface area contributed by atoms with E-state index in [-0.39, 0.29) is 6.54 Å². The number of rotatable bonds is 4. The van der Waals surface area contributed by atoms with Crippen LogP contribution in [-0.4, -0.2) is 25.0 Å². The molecule has 0 rings (SSSR count). The van der Waals surface area contributed by atoms with E-state index in [1.165, 1.54) is 0 Å². The zero-order valence-corrected chi connectivity index (χ0v) is 7.37. The van der Waals surface area contributed by atoms with Crippen molar-refractivity contribution in [3.8, 4) is 0 Å². The molecule has 0 radical (unpaired) electrons. The van der Waals surface area contributed by atoms with Gasteiger partial charge in [-0.25, -0.2) is 4.79 Å². The van der Waals surface area contributed by atoms with Gasteiger partial charge in [-0.15, -0.1) is 0 Å². The Morgan fingerprint density at radius 2 is 2.25 bits per heavy atom. The molecule has 0 heterocycles. The summed E-state index contributed by atoms with van der Waals surface area (Å²) in [6, 6.07) is 0. The van der Waals surface area contributed by atoms with Crippen LogP contribution in [0.3, 0.4) is 0 Å². The van der Waals surface area contributed by atoms with Gasteiger partial charge >= 0.3 is 6.16 Å². The SMILES string of the molecule is CCCOC(=O)O/N=C(\C)CN. The highest BCUT2D eigenvalue weighted by molar-refractivity contribution is 5.83. The summed E-state index contributed by atoms with van der Waals surface area (Å²) < 4.78 is 4.58. The van der Waals surface area contributed by atoms with Gasteiger partial charge in [0.15, 0.2) is 0 Å². The Morgan fingerprint density at radius 3 is 2.75 bits per heavy atom. The third-order valence-electron chi connectivity index (χ3n) is 0.995. The van der Waals surface area contributed by atoms with Gasteiger partial charge in [-0.05, 0) is 13.3 Å². The molecule has 5 nitrogen and oxygen atoms in total. The first-order valence-corrected chi connectivity index (χ1v) is 3.78. The molecule has 0 fully saturated rings. The highest BCUT2D eigenvalue weighted by Gasteiger charge is 2.01. The van der Waals surface area contributed by atoms with Crippen LogP contribution in [-0.2, 0) is 9.57 Å². The summed E-state index contributed by atoms with van der Waals surface area (Å²) >= 11 is 0. The van der Waals surface area contributed by atoms with Crippen LogP contribution in [0, 0.1) is 0 Å². The van der Waals surface area contributed by atoms with Gasteiger partial charge < -0.3 is 10.5 Å². The Morgan fingerprint density at radius 1 is 1.58 bits per heavy atom. The predicted octanol–water partition coefficient (Wildman–Crippen LogP) is 0.884. The lowest BCUT2D eigenvalue weighted by atomic mass is 10.4. The van der Waals surface area contributed by atoms with Crippen LogP contribution in [0.5, 0.6) is 0 Å². The molecule has 12 heavy (non-hydrogen) atoms. The van der Waals surface area contributed by atoms with E-state index in [0.29, 0.717) is 12.3 Å². The molecule has 0 aromatic carbocycles. The van der Waals surface area contributed by atoms with Gasteiger partial charge in [-0.3, -0.25) is 4.84 Å². The van der Waals surface area contributed by atoms with E-state index in [1.54, 1.807) is 6.92 Å². The highest BCUT2D eigenvalue weighted by atomic mass is 16.8. The monoisotopic (exact) mass is 174 g/mol. The highest BCUT2D eigenvalue weighted by Crippen LogP contribution is 1.88. The van der Waals surface area contributed by atoms with Crippen LogP contribution in [0.1, 0.15) is 20.3 Å². The van der Waals surface area contributed by atoms with Crippen molar-refractivity contribution >= 4 is 11.9 Å². The molecule has 0 aliphatic heterocycles. The minimum absolute atomic E-state index is 0.265. The summed E-state index contributed by atoms with van der Waals surface area (Å²) in [7, 11) is 0. The molecular formula is C7H14N2O3. The van der Waals surface area contributed by atoms with Gasteiger partial charge in [0.25, 0.3) is 0 Å². The summed E-state index contributed by atoms with van der Waals surface area (Å²) in [6.45, 7) is 4.16. The van der Waals surface area contributed by atoms with E-state index in [9.17, 15) is 4.79 Å². The van der Waals surface area contributed by atoms with Crippen LogP contribution in [0.2, 0.25) is 0 Å². The number of hydrogen-bond donors (Lipinski definition) is 1. The van der Waals surface area contributed by atoms with Gasteiger partial charge in [-0.2, -0.15) is 0 Å². The van der Waals surface area contributed by atoms with Crippen molar-refractivity contribution in [3.63, 3.8) is 0 Å². The van der Waals surface area contributed by atoms with Crippen molar-refractivity contribution in [2.45, 2.75) is 20.3 Å². The first-order chi connectivity index (χ1) is 5.70. The second-order valence-corrected chi connectivity index (χ2v) is 2.22. The Kier molecular flexibility index (Phi) is 6.00. The lowest BCUT2D eigenvalue weighted by Crippen LogP contribution is -2.12. The minimum atomic E-state index is -0.787. The van der Waals surface area contributed by atoms with Crippen molar-refractivity contribution in [3.05, 3.63) is 0 Å². The fraction of sp³-hybridized carbons (Fsp3) is 0.714. The Bertz CT molecular complexity index is 168. The second kappa shape index (κ2) is 6.60. The van der Waals surface area contributed by atoms with Gasteiger partial charge in [0.1, 0.15) is 0 Å². The number of carbonyl (C=O) groups excluding carboxylic acids is 1. The maximum absolute atomic E-state index is 10.6. The number of carbonyl (C=O) groups is 1. The summed E-state index contributed by atoms with van der Waals surface area (Å²) in [5.74, 6) is 0. The lowest BCUT2D eigenvalue weighted by molar-refractivity contribution is 0.0574. The number of nitrogens with zero attached hydrogens (tertiary/aromatic N) is 1. The van der Waals surface area contributed by atoms with E-state index >= 15 is 0 Å². The standard InChI is InChI=1S/C7H14N2O3/c1-3-4-11-7(10)12-9-6(2)5-8/h3-5,8H2,1-2H3/b9-6+. The van der Waals surface area contributed by atoms with E-state index in [1.807, 2.05) is 6.92 Å². The van der Waals surface area contributed by atoms with Crippen molar-refractivity contribution in [2.75, 3.05) is 13.2 Å². The van der Waals surface area contributed by atoms with Crippen LogP contribution < -0.4 is 5.73 Å². The molecule has 0 aliphatic carbocycles. The third-order valence-corrected chi connectivity index (χ3v) is 0.995. The van der Waals surface area contributed by atoms with Crippen LogP contribution in [0.4, 0.5) is 4.79 Å². The van der Waals surface area contributed by atoms with Crippen molar-refractivity contribution in [1.82, 2.24) is 0 Å². The molecule has 0 atom stereocenters. The van der Waals surface area contributed by atoms with Crippen molar-refractivity contribution < 1.29 is 14.4 Å². The molecule has 2 N–H and O–H groups in total. The predicted molar refractivity (Wildman–Crippen MR) is 44.9 cm³/mol. The maximum atomic E-state index is 10.6. The molecule has 0 amide bonds. The number of hydrogen-bond acceptors (Lipinski definition) is 5. The summed E-state index contributed by atoms with van der Waals surface area (Å²) in [5.41, 5.74) is 5.74. The topological polar surface area (TPSA) is 73.9 Å². The first-order valence-electron chi connectivity index (χ1n) is 3.78. The Labute approximate surface area is 71.5 Å². The molecule has 0 aromatic heterocycles. The molecule has 5 heteroatoms. The van der Waals surface area contributed by atoms with E-state index in [4.69, 9.17) is 5.73 Å². The van der Waals surface area contributed by atoms with Crippen molar-refractivity contribution in [1.29, 1.82) is 0 Å². The largest absolute Gasteiger partial charge is 0.535 e. The average molecular weight is 174 g/mol. The Hall–Kier alpha value is -1.10. The molecule has 0 aromatic rings. The normalized spacial score (nSPS) is 11.1. The van der Waals surface area contributed by atoms with Crippen LogP contribution in [0.25, 0.3) is 0 Å². The average Bonchev–Trinajstić information content (AvgIpc) is 2.10. The number of ether oxygens (including phenoxy) is 1. The minimum Gasteiger partial charge on any atom is -0.433 e. The summed E-state index contributed by atoms with van der Waals surface area (Å²) in [5, 5.41) is 3.41. The van der Waals surface area contributed by atoms with E-state index < -0.39 is 6.16 Å². The smallest absolute Gasteiger partial charge is 0.433 e. The Balaban J connectivity index is 3.56. The molecule has 0 spiro atoms.